The number of benzene rings is 1. The summed E-state index contributed by atoms with van der Waals surface area (Å²) in [6.45, 7) is 4.88. The van der Waals surface area contributed by atoms with Gasteiger partial charge in [-0.3, -0.25) is 9.59 Å². The van der Waals surface area contributed by atoms with Crippen molar-refractivity contribution in [1.29, 1.82) is 0 Å². The van der Waals surface area contributed by atoms with Gasteiger partial charge in [0.2, 0.25) is 11.8 Å². The normalized spacial score (nSPS) is 17.4. The third-order valence-electron chi connectivity index (χ3n) is 4.64. The molecular weight excluding hydrogens is 316 g/mol. The maximum atomic E-state index is 12.3. The van der Waals surface area contributed by atoms with Crippen LogP contribution in [-0.2, 0) is 9.59 Å². The summed E-state index contributed by atoms with van der Waals surface area (Å²) in [5.74, 6) is -0.674. The molecule has 1 unspecified atom stereocenters. The molecule has 0 saturated carbocycles. The average molecular weight is 338 g/mol. The summed E-state index contributed by atoms with van der Waals surface area (Å²) in [5, 5.41) is 4.57. The molecule has 1 fully saturated rings. The predicted octanol–water partition coefficient (Wildman–Crippen LogP) is 1.84. The molecule has 2 amide bonds. The number of amides is 2. The SMILES string of the molecule is Cc1nn(-c2ccccc2)c(C)c1/C=C/C(=O)N1CCC(C(N)=O)C1. The highest BCUT2D eigenvalue weighted by Crippen LogP contribution is 2.20. The Balaban J connectivity index is 1.77. The molecular formula is C19H22N4O2. The summed E-state index contributed by atoms with van der Waals surface area (Å²) < 4.78 is 1.87. The Labute approximate surface area is 146 Å². The summed E-state index contributed by atoms with van der Waals surface area (Å²) in [4.78, 5) is 25.2. The minimum absolute atomic E-state index is 0.102. The van der Waals surface area contributed by atoms with Crippen LogP contribution >= 0.6 is 0 Å². The Hall–Kier alpha value is -2.89. The number of para-hydroxylation sites is 1. The number of primary amides is 1. The highest BCUT2D eigenvalue weighted by atomic mass is 16.2. The van der Waals surface area contributed by atoms with Gasteiger partial charge in [-0.25, -0.2) is 4.68 Å². The van der Waals surface area contributed by atoms with E-state index < -0.39 is 0 Å². The van der Waals surface area contributed by atoms with Gasteiger partial charge in [0.15, 0.2) is 0 Å². The topological polar surface area (TPSA) is 81.2 Å². The lowest BCUT2D eigenvalue weighted by Gasteiger charge is -2.13. The van der Waals surface area contributed by atoms with Crippen molar-refractivity contribution in [2.24, 2.45) is 11.7 Å². The fraction of sp³-hybridized carbons (Fsp3) is 0.316. The predicted molar refractivity (Wildman–Crippen MR) is 96.0 cm³/mol. The summed E-state index contributed by atoms with van der Waals surface area (Å²) in [7, 11) is 0. The van der Waals surface area contributed by atoms with Gasteiger partial charge in [0, 0.05) is 30.4 Å². The molecule has 1 aromatic heterocycles. The smallest absolute Gasteiger partial charge is 0.246 e. The number of carbonyl (C=O) groups is 2. The highest BCUT2D eigenvalue weighted by molar-refractivity contribution is 5.93. The molecule has 3 rings (SSSR count). The van der Waals surface area contributed by atoms with E-state index in [2.05, 4.69) is 5.10 Å². The minimum Gasteiger partial charge on any atom is -0.369 e. The number of carbonyl (C=O) groups excluding carboxylic acids is 2. The minimum atomic E-state index is -0.338. The van der Waals surface area contributed by atoms with Gasteiger partial charge in [-0.1, -0.05) is 18.2 Å². The molecule has 1 saturated heterocycles. The van der Waals surface area contributed by atoms with Gasteiger partial charge in [0.1, 0.15) is 0 Å². The van der Waals surface area contributed by atoms with Crippen LogP contribution in [0.3, 0.4) is 0 Å². The van der Waals surface area contributed by atoms with E-state index in [1.54, 1.807) is 17.1 Å². The largest absolute Gasteiger partial charge is 0.369 e. The lowest BCUT2D eigenvalue weighted by Crippen LogP contribution is -2.30. The maximum Gasteiger partial charge on any atom is 0.246 e. The Morgan fingerprint density at radius 2 is 1.96 bits per heavy atom. The van der Waals surface area contributed by atoms with Crippen LogP contribution in [0.4, 0.5) is 0 Å². The van der Waals surface area contributed by atoms with E-state index in [0.717, 1.165) is 22.6 Å². The summed E-state index contributed by atoms with van der Waals surface area (Å²) >= 11 is 0. The molecule has 1 aliphatic rings. The van der Waals surface area contributed by atoms with Crippen molar-refractivity contribution in [3.05, 3.63) is 53.4 Å². The monoisotopic (exact) mass is 338 g/mol. The van der Waals surface area contributed by atoms with Crippen LogP contribution < -0.4 is 5.73 Å². The Morgan fingerprint density at radius 1 is 1.24 bits per heavy atom. The lowest BCUT2D eigenvalue weighted by molar-refractivity contribution is -0.125. The third kappa shape index (κ3) is 3.47. The van der Waals surface area contributed by atoms with Crippen molar-refractivity contribution >= 4 is 17.9 Å². The van der Waals surface area contributed by atoms with Crippen molar-refractivity contribution in [2.45, 2.75) is 20.3 Å². The molecule has 0 spiro atoms. The zero-order valence-corrected chi connectivity index (χ0v) is 14.5. The van der Waals surface area contributed by atoms with Crippen molar-refractivity contribution in [3.63, 3.8) is 0 Å². The van der Waals surface area contributed by atoms with Gasteiger partial charge in [0.05, 0.1) is 17.3 Å². The molecule has 2 N–H and O–H groups in total. The Kier molecular flexibility index (Phi) is 4.70. The van der Waals surface area contributed by atoms with Gasteiger partial charge in [-0.2, -0.15) is 5.10 Å². The lowest BCUT2D eigenvalue weighted by atomic mass is 10.1. The first-order valence-corrected chi connectivity index (χ1v) is 8.35. The van der Waals surface area contributed by atoms with E-state index in [4.69, 9.17) is 5.73 Å². The van der Waals surface area contributed by atoms with Crippen molar-refractivity contribution in [3.8, 4) is 5.69 Å². The summed E-state index contributed by atoms with van der Waals surface area (Å²) in [5.41, 5.74) is 9.07. The molecule has 1 aliphatic heterocycles. The first-order chi connectivity index (χ1) is 12.0. The zero-order chi connectivity index (χ0) is 18.0. The molecule has 6 heteroatoms. The van der Waals surface area contributed by atoms with Crippen LogP contribution in [0.5, 0.6) is 0 Å². The summed E-state index contributed by atoms with van der Waals surface area (Å²) in [6.07, 6.45) is 3.99. The quantitative estimate of drug-likeness (QED) is 0.864. The van der Waals surface area contributed by atoms with Crippen LogP contribution in [0.25, 0.3) is 11.8 Å². The molecule has 2 aromatic rings. The first kappa shape index (κ1) is 17.0. The maximum absolute atomic E-state index is 12.3. The van der Waals surface area contributed by atoms with E-state index in [0.29, 0.717) is 19.5 Å². The number of nitrogens with two attached hydrogens (primary N) is 1. The van der Waals surface area contributed by atoms with Gasteiger partial charge >= 0.3 is 0 Å². The molecule has 25 heavy (non-hydrogen) atoms. The fourth-order valence-corrected chi connectivity index (χ4v) is 3.17. The van der Waals surface area contributed by atoms with Crippen molar-refractivity contribution < 1.29 is 9.59 Å². The number of hydrogen-bond acceptors (Lipinski definition) is 3. The Bertz CT molecular complexity index is 823. The number of rotatable bonds is 4. The second-order valence-corrected chi connectivity index (χ2v) is 6.34. The molecule has 6 nitrogen and oxygen atoms in total. The molecule has 2 heterocycles. The zero-order valence-electron chi connectivity index (χ0n) is 14.5. The second kappa shape index (κ2) is 6.93. The van der Waals surface area contributed by atoms with Crippen molar-refractivity contribution in [1.82, 2.24) is 14.7 Å². The summed E-state index contributed by atoms with van der Waals surface area (Å²) in [6, 6.07) is 9.88. The van der Waals surface area contributed by atoms with E-state index in [1.165, 1.54) is 0 Å². The molecule has 1 atom stereocenters. The Morgan fingerprint density at radius 3 is 2.60 bits per heavy atom. The van der Waals surface area contributed by atoms with E-state index >= 15 is 0 Å². The fourth-order valence-electron chi connectivity index (χ4n) is 3.17. The van der Waals surface area contributed by atoms with Gasteiger partial charge < -0.3 is 10.6 Å². The molecule has 0 radical (unpaired) electrons. The number of aromatic nitrogens is 2. The first-order valence-electron chi connectivity index (χ1n) is 8.35. The van der Waals surface area contributed by atoms with Crippen molar-refractivity contribution in [2.75, 3.05) is 13.1 Å². The van der Waals surface area contributed by atoms with Crippen LogP contribution in [-0.4, -0.2) is 39.6 Å². The van der Waals surface area contributed by atoms with E-state index in [1.807, 2.05) is 48.9 Å². The number of likely N-dealkylation sites (tertiary alicyclic amines) is 1. The van der Waals surface area contributed by atoms with Crippen LogP contribution in [0.1, 0.15) is 23.4 Å². The number of nitrogens with zero attached hydrogens (tertiary/aromatic N) is 3. The second-order valence-electron chi connectivity index (χ2n) is 6.34. The number of hydrogen-bond donors (Lipinski definition) is 1. The third-order valence-corrected chi connectivity index (χ3v) is 4.64. The standard InChI is InChI=1S/C19H22N4O2/c1-13-17(14(2)23(21-13)16-6-4-3-5-7-16)8-9-18(24)22-11-10-15(12-22)19(20)25/h3-9,15H,10-12H2,1-2H3,(H2,20,25)/b9-8+. The molecule has 0 bridgehead atoms. The van der Waals surface area contributed by atoms with E-state index in [-0.39, 0.29) is 17.7 Å². The molecule has 130 valence electrons. The van der Waals surface area contributed by atoms with Crippen LogP contribution in [0.15, 0.2) is 36.4 Å². The van der Waals surface area contributed by atoms with Crippen LogP contribution in [0, 0.1) is 19.8 Å². The average Bonchev–Trinajstić information content (AvgIpc) is 3.20. The van der Waals surface area contributed by atoms with Crippen LogP contribution in [0.2, 0.25) is 0 Å². The molecule has 0 aliphatic carbocycles. The van der Waals surface area contributed by atoms with Gasteiger partial charge in [-0.15, -0.1) is 0 Å². The molecule has 1 aromatic carbocycles. The highest BCUT2D eigenvalue weighted by Gasteiger charge is 2.28. The van der Waals surface area contributed by atoms with Gasteiger partial charge in [0.25, 0.3) is 0 Å². The van der Waals surface area contributed by atoms with Gasteiger partial charge in [-0.05, 0) is 38.5 Å². The van der Waals surface area contributed by atoms with E-state index in [9.17, 15) is 9.59 Å². The number of aryl methyl sites for hydroxylation is 1.